The van der Waals surface area contributed by atoms with Crippen molar-refractivity contribution in [3.63, 3.8) is 0 Å². The maximum absolute atomic E-state index is 12.3. The van der Waals surface area contributed by atoms with E-state index < -0.39 is 0 Å². The molecule has 0 aliphatic carbocycles. The highest BCUT2D eigenvalue weighted by atomic mass is 16.5. The summed E-state index contributed by atoms with van der Waals surface area (Å²) in [6.07, 6.45) is 2.25. The Balaban J connectivity index is 1.46. The van der Waals surface area contributed by atoms with Crippen molar-refractivity contribution in [3.05, 3.63) is 65.7 Å². The van der Waals surface area contributed by atoms with Crippen LogP contribution in [0.2, 0.25) is 0 Å². The van der Waals surface area contributed by atoms with Gasteiger partial charge in [-0.3, -0.25) is 9.59 Å². The Morgan fingerprint density at radius 2 is 1.88 bits per heavy atom. The Bertz CT molecular complexity index is 744. The fraction of sp³-hybridized carbons (Fsp3) is 0.333. The zero-order chi connectivity index (χ0) is 18.4. The monoisotopic (exact) mass is 352 g/mol. The number of benzene rings is 2. The Morgan fingerprint density at radius 3 is 2.58 bits per heavy atom. The van der Waals surface area contributed by atoms with E-state index in [0.29, 0.717) is 24.3 Å². The molecule has 26 heavy (non-hydrogen) atoms. The van der Waals surface area contributed by atoms with E-state index in [-0.39, 0.29) is 17.9 Å². The molecule has 0 saturated carbocycles. The highest BCUT2D eigenvalue weighted by molar-refractivity contribution is 5.95. The number of likely N-dealkylation sites (tertiary alicyclic amines) is 1. The first-order chi connectivity index (χ1) is 12.7. The molecule has 1 saturated heterocycles. The zero-order valence-corrected chi connectivity index (χ0v) is 15.0. The predicted octanol–water partition coefficient (Wildman–Crippen LogP) is 2.66. The molecular weight excluding hydrogens is 328 g/mol. The first-order valence-electron chi connectivity index (χ1n) is 8.92. The third-order valence-electron chi connectivity index (χ3n) is 4.64. The summed E-state index contributed by atoms with van der Waals surface area (Å²) in [7, 11) is 1.59. The SMILES string of the molecule is COc1ccc(C(=O)N[C@@H]2CC(=O)N(CCCc3ccccc3)C2)cc1. The van der Waals surface area contributed by atoms with Gasteiger partial charge in [-0.2, -0.15) is 0 Å². The molecule has 2 aromatic carbocycles. The van der Waals surface area contributed by atoms with Gasteiger partial charge in [0.1, 0.15) is 5.75 Å². The van der Waals surface area contributed by atoms with Crippen LogP contribution in [-0.2, 0) is 11.2 Å². The summed E-state index contributed by atoms with van der Waals surface area (Å²) in [6, 6.07) is 17.1. The molecule has 3 rings (SSSR count). The van der Waals surface area contributed by atoms with Gasteiger partial charge in [-0.25, -0.2) is 0 Å². The Labute approximate surface area is 154 Å². The largest absolute Gasteiger partial charge is 0.497 e. The molecule has 2 aromatic rings. The minimum Gasteiger partial charge on any atom is -0.497 e. The lowest BCUT2D eigenvalue weighted by molar-refractivity contribution is -0.127. The fourth-order valence-electron chi connectivity index (χ4n) is 3.21. The predicted molar refractivity (Wildman–Crippen MR) is 100 cm³/mol. The average molecular weight is 352 g/mol. The van der Waals surface area contributed by atoms with Gasteiger partial charge in [0.2, 0.25) is 5.91 Å². The molecule has 136 valence electrons. The molecule has 0 aromatic heterocycles. The van der Waals surface area contributed by atoms with E-state index in [1.165, 1.54) is 5.56 Å². The molecule has 5 heteroatoms. The second-order valence-corrected chi connectivity index (χ2v) is 6.53. The molecule has 1 N–H and O–H groups in total. The van der Waals surface area contributed by atoms with Crippen LogP contribution >= 0.6 is 0 Å². The van der Waals surface area contributed by atoms with Crippen LogP contribution in [0.4, 0.5) is 0 Å². The van der Waals surface area contributed by atoms with E-state index in [2.05, 4.69) is 17.4 Å². The summed E-state index contributed by atoms with van der Waals surface area (Å²) in [5.74, 6) is 0.664. The topological polar surface area (TPSA) is 58.6 Å². The number of amides is 2. The van der Waals surface area contributed by atoms with Crippen molar-refractivity contribution in [2.45, 2.75) is 25.3 Å². The summed E-state index contributed by atoms with van der Waals surface area (Å²) >= 11 is 0. The molecule has 0 bridgehead atoms. The molecule has 5 nitrogen and oxygen atoms in total. The zero-order valence-electron chi connectivity index (χ0n) is 15.0. The molecule has 1 atom stereocenters. The van der Waals surface area contributed by atoms with Crippen LogP contribution in [0.5, 0.6) is 5.75 Å². The molecule has 2 amide bonds. The summed E-state index contributed by atoms with van der Waals surface area (Å²) in [6.45, 7) is 1.30. The average Bonchev–Trinajstić information content (AvgIpc) is 3.02. The number of methoxy groups -OCH3 is 1. The third-order valence-corrected chi connectivity index (χ3v) is 4.64. The highest BCUT2D eigenvalue weighted by Gasteiger charge is 2.30. The van der Waals surface area contributed by atoms with Gasteiger partial charge in [0, 0.05) is 25.1 Å². The number of aryl methyl sites for hydroxylation is 1. The lowest BCUT2D eigenvalue weighted by Gasteiger charge is -2.17. The molecule has 1 aliphatic heterocycles. The smallest absolute Gasteiger partial charge is 0.251 e. The van der Waals surface area contributed by atoms with Gasteiger partial charge in [-0.15, -0.1) is 0 Å². The van der Waals surface area contributed by atoms with Crippen LogP contribution in [0.3, 0.4) is 0 Å². The number of hydrogen-bond acceptors (Lipinski definition) is 3. The summed E-state index contributed by atoms with van der Waals surface area (Å²) in [5.41, 5.74) is 1.85. The summed E-state index contributed by atoms with van der Waals surface area (Å²) < 4.78 is 5.10. The number of rotatable bonds is 7. The van der Waals surface area contributed by atoms with Crippen LogP contribution < -0.4 is 10.1 Å². The third kappa shape index (κ3) is 4.63. The number of ether oxygens (including phenoxy) is 1. The van der Waals surface area contributed by atoms with E-state index in [4.69, 9.17) is 4.74 Å². The van der Waals surface area contributed by atoms with Gasteiger partial charge in [-0.05, 0) is 42.7 Å². The van der Waals surface area contributed by atoms with E-state index in [9.17, 15) is 9.59 Å². The fourth-order valence-corrected chi connectivity index (χ4v) is 3.21. The summed E-state index contributed by atoms with van der Waals surface area (Å²) in [4.78, 5) is 26.4. The van der Waals surface area contributed by atoms with Crippen LogP contribution in [0, 0.1) is 0 Å². The lowest BCUT2D eigenvalue weighted by Crippen LogP contribution is -2.37. The molecule has 1 heterocycles. The van der Waals surface area contributed by atoms with Crippen LogP contribution in [0.15, 0.2) is 54.6 Å². The Morgan fingerprint density at radius 1 is 1.15 bits per heavy atom. The maximum Gasteiger partial charge on any atom is 0.251 e. The Kier molecular flexibility index (Phi) is 5.89. The van der Waals surface area contributed by atoms with Gasteiger partial charge in [0.15, 0.2) is 0 Å². The normalized spacial score (nSPS) is 16.6. The van der Waals surface area contributed by atoms with Gasteiger partial charge in [0.25, 0.3) is 5.91 Å². The second-order valence-electron chi connectivity index (χ2n) is 6.53. The van der Waals surface area contributed by atoms with Crippen LogP contribution in [-0.4, -0.2) is 43.0 Å². The number of hydrogen-bond donors (Lipinski definition) is 1. The maximum atomic E-state index is 12.3. The molecule has 1 aliphatic rings. The van der Waals surface area contributed by atoms with Crippen LogP contribution in [0.25, 0.3) is 0 Å². The van der Waals surface area contributed by atoms with Gasteiger partial charge in [0.05, 0.1) is 13.2 Å². The lowest BCUT2D eigenvalue weighted by atomic mass is 10.1. The van der Waals surface area contributed by atoms with Crippen molar-refractivity contribution >= 4 is 11.8 Å². The summed E-state index contributed by atoms with van der Waals surface area (Å²) in [5, 5.41) is 2.96. The van der Waals surface area contributed by atoms with Crippen molar-refractivity contribution < 1.29 is 14.3 Å². The van der Waals surface area contributed by atoms with E-state index in [0.717, 1.165) is 19.4 Å². The quantitative estimate of drug-likeness (QED) is 0.833. The van der Waals surface area contributed by atoms with Crippen molar-refractivity contribution in [3.8, 4) is 5.75 Å². The van der Waals surface area contributed by atoms with Gasteiger partial charge in [-0.1, -0.05) is 30.3 Å². The first kappa shape index (κ1) is 18.0. The van der Waals surface area contributed by atoms with E-state index in [1.807, 2.05) is 23.1 Å². The van der Waals surface area contributed by atoms with Crippen molar-refractivity contribution in [1.82, 2.24) is 10.2 Å². The van der Waals surface area contributed by atoms with E-state index >= 15 is 0 Å². The molecule has 0 radical (unpaired) electrons. The van der Waals surface area contributed by atoms with Gasteiger partial charge >= 0.3 is 0 Å². The van der Waals surface area contributed by atoms with Crippen LogP contribution in [0.1, 0.15) is 28.8 Å². The highest BCUT2D eigenvalue weighted by Crippen LogP contribution is 2.15. The number of nitrogens with one attached hydrogen (secondary N) is 1. The van der Waals surface area contributed by atoms with Crippen molar-refractivity contribution in [2.24, 2.45) is 0 Å². The first-order valence-corrected chi connectivity index (χ1v) is 8.92. The van der Waals surface area contributed by atoms with Crippen molar-refractivity contribution in [1.29, 1.82) is 0 Å². The minimum absolute atomic E-state index is 0.109. The molecular formula is C21H24N2O3. The number of carbonyl (C=O) groups is 2. The Hall–Kier alpha value is -2.82. The second kappa shape index (κ2) is 8.52. The molecule has 0 spiro atoms. The van der Waals surface area contributed by atoms with Crippen molar-refractivity contribution in [2.75, 3.05) is 20.2 Å². The van der Waals surface area contributed by atoms with Gasteiger partial charge < -0.3 is 15.0 Å². The standard InChI is InChI=1S/C21H24N2O3/c1-26-19-11-9-17(10-12-19)21(25)22-18-14-20(24)23(15-18)13-5-8-16-6-3-2-4-7-16/h2-4,6-7,9-12,18H,5,8,13-15H2,1H3,(H,22,25)/t18-/m1/s1. The minimum atomic E-state index is -0.156. The van der Waals surface area contributed by atoms with E-state index in [1.54, 1.807) is 31.4 Å². The molecule has 1 fully saturated rings. The number of carbonyl (C=O) groups excluding carboxylic acids is 2. The number of nitrogens with zero attached hydrogens (tertiary/aromatic N) is 1. The molecule has 0 unspecified atom stereocenters.